The van der Waals surface area contributed by atoms with Gasteiger partial charge in [0, 0.05) is 45.4 Å². The number of aromatic nitrogens is 1. The molecule has 0 saturated carbocycles. The van der Waals surface area contributed by atoms with Crippen molar-refractivity contribution in [1.29, 1.82) is 0 Å². The smallest absolute Gasteiger partial charge is 0.252 e. The molecule has 0 bridgehead atoms. The minimum atomic E-state index is -0.0536. The number of nitrogens with zero attached hydrogens (tertiary/aromatic N) is 2. The van der Waals surface area contributed by atoms with Crippen molar-refractivity contribution in [3.63, 3.8) is 0 Å². The number of hydrogen-bond donors (Lipinski definition) is 1. The Balaban J connectivity index is 2.09. The van der Waals surface area contributed by atoms with E-state index >= 15 is 0 Å². The number of anilines is 1. The molecule has 2 rings (SSSR count). The molecule has 1 aromatic heterocycles. The van der Waals surface area contributed by atoms with Crippen LogP contribution in [0.4, 0.5) is 5.69 Å². The maximum absolute atomic E-state index is 11.6. The minimum Gasteiger partial charge on any atom is -0.379 e. The van der Waals surface area contributed by atoms with E-state index in [4.69, 9.17) is 0 Å². The van der Waals surface area contributed by atoms with Crippen LogP contribution in [0.1, 0.15) is 13.3 Å². The van der Waals surface area contributed by atoms with Gasteiger partial charge < -0.3 is 14.8 Å². The number of amides is 1. The molecule has 1 amide bonds. The highest BCUT2D eigenvalue weighted by molar-refractivity contribution is 9.10. The quantitative estimate of drug-likeness (QED) is 0.892. The third-order valence-corrected chi connectivity index (χ3v) is 3.80. The Morgan fingerprint density at radius 2 is 2.28 bits per heavy atom. The molecule has 1 unspecified atom stereocenters. The summed E-state index contributed by atoms with van der Waals surface area (Å²) in [5.74, 6) is 0.0994. The number of likely N-dealkylation sites (tertiary alicyclic amines) is 1. The summed E-state index contributed by atoms with van der Waals surface area (Å²) in [5, 5.41) is 3.31. The summed E-state index contributed by atoms with van der Waals surface area (Å²) in [6.07, 6.45) is 2.64. The zero-order valence-corrected chi connectivity index (χ0v) is 12.0. The van der Waals surface area contributed by atoms with Crippen molar-refractivity contribution in [3.8, 4) is 0 Å². The number of aryl methyl sites for hydroxylation is 1. The van der Waals surface area contributed by atoms with Crippen molar-refractivity contribution >= 4 is 27.5 Å². The first kappa shape index (κ1) is 13.1. The van der Waals surface area contributed by atoms with Crippen molar-refractivity contribution < 1.29 is 4.79 Å². The van der Waals surface area contributed by atoms with Crippen molar-refractivity contribution in [2.75, 3.05) is 18.4 Å². The number of carbonyl (C=O) groups is 1. The van der Waals surface area contributed by atoms with Crippen LogP contribution in [0.15, 0.2) is 21.5 Å². The number of hydrogen-bond acceptors (Lipinski definition) is 3. The first-order valence-electron chi connectivity index (χ1n) is 5.85. The van der Waals surface area contributed by atoms with Crippen molar-refractivity contribution in [2.24, 2.45) is 7.05 Å². The number of rotatable bonds is 2. The molecule has 18 heavy (non-hydrogen) atoms. The molecule has 0 radical (unpaired) electrons. The first-order valence-corrected chi connectivity index (χ1v) is 6.65. The Labute approximate surface area is 114 Å². The van der Waals surface area contributed by atoms with Crippen molar-refractivity contribution in [3.05, 3.63) is 27.1 Å². The fourth-order valence-corrected chi connectivity index (χ4v) is 2.63. The molecule has 1 N–H and O–H groups in total. The fraction of sp³-hybridized carbons (Fsp3) is 0.500. The largest absolute Gasteiger partial charge is 0.379 e. The molecule has 98 valence electrons. The second-order valence-electron chi connectivity index (χ2n) is 4.58. The zero-order chi connectivity index (χ0) is 13.3. The molecule has 1 atom stereocenters. The van der Waals surface area contributed by atoms with E-state index in [0.29, 0.717) is 6.54 Å². The van der Waals surface area contributed by atoms with E-state index in [1.165, 1.54) is 4.57 Å². The topological polar surface area (TPSA) is 54.3 Å². The maximum atomic E-state index is 11.6. The maximum Gasteiger partial charge on any atom is 0.252 e. The van der Waals surface area contributed by atoms with E-state index in [2.05, 4.69) is 21.2 Å². The Morgan fingerprint density at radius 3 is 2.89 bits per heavy atom. The van der Waals surface area contributed by atoms with Crippen LogP contribution in [-0.2, 0) is 11.8 Å². The number of pyridine rings is 1. The van der Waals surface area contributed by atoms with E-state index in [1.807, 2.05) is 4.90 Å². The fourth-order valence-electron chi connectivity index (χ4n) is 2.09. The highest BCUT2D eigenvalue weighted by Crippen LogP contribution is 2.22. The highest BCUT2D eigenvalue weighted by atomic mass is 79.9. The molecular weight excluding hydrogens is 298 g/mol. The van der Waals surface area contributed by atoms with Gasteiger partial charge in [0.2, 0.25) is 5.91 Å². The third kappa shape index (κ3) is 2.75. The number of nitrogens with one attached hydrogen (secondary N) is 1. The lowest BCUT2D eigenvalue weighted by Gasteiger charge is -2.17. The van der Waals surface area contributed by atoms with Crippen LogP contribution in [0.5, 0.6) is 0 Å². The summed E-state index contributed by atoms with van der Waals surface area (Å²) in [6, 6.07) is 1.78. The van der Waals surface area contributed by atoms with E-state index in [9.17, 15) is 9.59 Å². The molecule has 5 nitrogen and oxygen atoms in total. The molecular formula is C12H16BrN3O2. The Bertz CT molecular complexity index is 527. The van der Waals surface area contributed by atoms with Gasteiger partial charge in [-0.15, -0.1) is 0 Å². The van der Waals surface area contributed by atoms with E-state index in [0.717, 1.165) is 23.1 Å². The van der Waals surface area contributed by atoms with Gasteiger partial charge in [0.15, 0.2) is 0 Å². The lowest BCUT2D eigenvalue weighted by Crippen LogP contribution is -2.30. The summed E-state index contributed by atoms with van der Waals surface area (Å²) in [7, 11) is 1.71. The Morgan fingerprint density at radius 1 is 1.56 bits per heavy atom. The van der Waals surface area contributed by atoms with Crippen LogP contribution in [0.3, 0.4) is 0 Å². The molecule has 2 heterocycles. The first-order chi connectivity index (χ1) is 8.47. The normalized spacial score (nSPS) is 19.1. The molecule has 1 fully saturated rings. The molecule has 0 spiro atoms. The van der Waals surface area contributed by atoms with Gasteiger partial charge in [-0.25, -0.2) is 0 Å². The predicted molar refractivity (Wildman–Crippen MR) is 73.7 cm³/mol. The molecule has 1 aliphatic heterocycles. The van der Waals surface area contributed by atoms with E-state index in [-0.39, 0.29) is 17.5 Å². The van der Waals surface area contributed by atoms with Crippen LogP contribution in [0, 0.1) is 0 Å². The summed E-state index contributed by atoms with van der Waals surface area (Å²) >= 11 is 3.43. The minimum absolute atomic E-state index is 0.0536. The number of halogens is 1. The van der Waals surface area contributed by atoms with Crippen LogP contribution in [0.25, 0.3) is 0 Å². The van der Waals surface area contributed by atoms with Crippen LogP contribution >= 0.6 is 15.9 Å². The summed E-state index contributed by atoms with van der Waals surface area (Å²) in [5.41, 5.74) is 0.732. The molecule has 0 aromatic carbocycles. The standard InChI is InChI=1S/C12H16BrN3O2/c1-8(17)16-4-3-9(6-16)14-11-5-12(18)15(2)7-10(11)13/h5,7,9,14H,3-4,6H2,1-2H3. The SMILES string of the molecule is CC(=O)N1CCC(Nc2cc(=O)n(C)cc2Br)C1. The second-order valence-corrected chi connectivity index (χ2v) is 5.43. The molecule has 0 aliphatic carbocycles. The molecule has 1 aliphatic rings. The van der Waals surface area contributed by atoms with E-state index < -0.39 is 0 Å². The van der Waals surface area contributed by atoms with Crippen LogP contribution in [0.2, 0.25) is 0 Å². The van der Waals surface area contributed by atoms with E-state index in [1.54, 1.807) is 26.2 Å². The molecule has 1 saturated heterocycles. The second kappa shape index (κ2) is 5.14. The van der Waals surface area contributed by atoms with Gasteiger partial charge in [0.1, 0.15) is 0 Å². The van der Waals surface area contributed by atoms with Gasteiger partial charge in [-0.3, -0.25) is 9.59 Å². The monoisotopic (exact) mass is 313 g/mol. The summed E-state index contributed by atoms with van der Waals surface area (Å²) in [4.78, 5) is 24.6. The summed E-state index contributed by atoms with van der Waals surface area (Å²) < 4.78 is 2.37. The average Bonchev–Trinajstić information content (AvgIpc) is 2.74. The van der Waals surface area contributed by atoms with Crippen molar-refractivity contribution in [2.45, 2.75) is 19.4 Å². The van der Waals surface area contributed by atoms with Crippen LogP contribution in [-0.4, -0.2) is 34.5 Å². The van der Waals surface area contributed by atoms with Gasteiger partial charge in [0.05, 0.1) is 10.2 Å². The zero-order valence-electron chi connectivity index (χ0n) is 10.4. The number of carbonyl (C=O) groups excluding carboxylic acids is 1. The van der Waals surface area contributed by atoms with Crippen molar-refractivity contribution in [1.82, 2.24) is 9.47 Å². The molecule has 6 heteroatoms. The van der Waals surface area contributed by atoms with Gasteiger partial charge in [-0.1, -0.05) is 0 Å². The average molecular weight is 314 g/mol. The van der Waals surface area contributed by atoms with Crippen LogP contribution < -0.4 is 10.9 Å². The summed E-state index contributed by atoms with van der Waals surface area (Å²) in [6.45, 7) is 3.04. The predicted octanol–water partition coefficient (Wildman–Crippen LogP) is 1.18. The lowest BCUT2D eigenvalue weighted by atomic mass is 10.2. The van der Waals surface area contributed by atoms with Gasteiger partial charge in [0.25, 0.3) is 5.56 Å². The highest BCUT2D eigenvalue weighted by Gasteiger charge is 2.24. The third-order valence-electron chi connectivity index (χ3n) is 3.17. The van der Waals surface area contributed by atoms with Gasteiger partial charge in [-0.05, 0) is 22.4 Å². The Kier molecular flexibility index (Phi) is 3.75. The molecule has 1 aromatic rings. The lowest BCUT2D eigenvalue weighted by molar-refractivity contribution is -0.127. The Hall–Kier alpha value is -1.30. The van der Waals surface area contributed by atoms with Gasteiger partial charge >= 0.3 is 0 Å². The van der Waals surface area contributed by atoms with Gasteiger partial charge in [-0.2, -0.15) is 0 Å².